The topological polar surface area (TPSA) is 27.6 Å². The van der Waals surface area contributed by atoms with E-state index in [0.717, 1.165) is 5.69 Å². The highest BCUT2D eigenvalue weighted by atomic mass is 35.5. The maximum Gasteiger partial charge on any atom is 0.102 e. The lowest BCUT2D eigenvalue weighted by Gasteiger charge is -2.11. The van der Waals surface area contributed by atoms with Crippen molar-refractivity contribution >= 4 is 40.9 Å². The normalized spacial score (nSPS) is 11.0. The standard InChI is InChI=1S/C22H21Cl2N3/c1-27(2)15-26-22-20(23)12-19(13-21(22)24)25-14-16-8-10-18(11-9-16)17-6-4-3-5-7-17/h3-13,15,25H,14H2,1-2H3/b26-15-. The van der Waals surface area contributed by atoms with E-state index in [0.29, 0.717) is 22.3 Å². The molecule has 0 saturated carbocycles. The van der Waals surface area contributed by atoms with E-state index in [1.54, 1.807) is 6.34 Å². The second-order valence-corrected chi connectivity index (χ2v) is 7.23. The summed E-state index contributed by atoms with van der Waals surface area (Å²) in [5, 5.41) is 4.40. The van der Waals surface area contributed by atoms with Gasteiger partial charge in [0.15, 0.2) is 0 Å². The van der Waals surface area contributed by atoms with E-state index in [9.17, 15) is 0 Å². The molecule has 0 amide bonds. The maximum atomic E-state index is 6.33. The number of rotatable bonds is 6. The number of nitrogens with zero attached hydrogens (tertiary/aromatic N) is 2. The van der Waals surface area contributed by atoms with Crippen molar-refractivity contribution < 1.29 is 0 Å². The van der Waals surface area contributed by atoms with Crippen LogP contribution in [0.5, 0.6) is 0 Å². The summed E-state index contributed by atoms with van der Waals surface area (Å²) in [6.45, 7) is 0.683. The van der Waals surface area contributed by atoms with Crippen LogP contribution in [-0.4, -0.2) is 25.3 Å². The molecule has 0 aliphatic rings. The van der Waals surface area contributed by atoms with Crippen LogP contribution in [0.3, 0.4) is 0 Å². The first-order chi connectivity index (χ1) is 13.0. The van der Waals surface area contributed by atoms with Crippen LogP contribution in [0.25, 0.3) is 11.1 Å². The molecule has 3 aromatic rings. The highest BCUT2D eigenvalue weighted by Crippen LogP contribution is 2.36. The maximum absolute atomic E-state index is 6.33. The Bertz CT molecular complexity index is 897. The Morgan fingerprint density at radius 2 is 1.48 bits per heavy atom. The largest absolute Gasteiger partial charge is 0.381 e. The lowest BCUT2D eigenvalue weighted by atomic mass is 10.0. The Kier molecular flexibility index (Phi) is 6.38. The monoisotopic (exact) mass is 397 g/mol. The number of halogens is 2. The van der Waals surface area contributed by atoms with Crippen molar-refractivity contribution in [2.24, 2.45) is 4.99 Å². The molecule has 0 aromatic heterocycles. The van der Waals surface area contributed by atoms with Crippen LogP contribution < -0.4 is 5.32 Å². The van der Waals surface area contributed by atoms with Crippen LogP contribution in [0.4, 0.5) is 11.4 Å². The molecule has 138 valence electrons. The van der Waals surface area contributed by atoms with Gasteiger partial charge in [0.2, 0.25) is 0 Å². The molecular formula is C22H21Cl2N3. The van der Waals surface area contributed by atoms with Gasteiger partial charge < -0.3 is 10.2 Å². The van der Waals surface area contributed by atoms with Gasteiger partial charge in [0.1, 0.15) is 5.69 Å². The van der Waals surface area contributed by atoms with Crippen LogP contribution >= 0.6 is 23.2 Å². The zero-order valence-corrected chi connectivity index (χ0v) is 16.8. The van der Waals surface area contributed by atoms with Crippen molar-refractivity contribution in [3.63, 3.8) is 0 Å². The molecule has 0 fully saturated rings. The van der Waals surface area contributed by atoms with Gasteiger partial charge in [-0.15, -0.1) is 0 Å². The van der Waals surface area contributed by atoms with Crippen molar-refractivity contribution in [2.45, 2.75) is 6.54 Å². The quantitative estimate of drug-likeness (QED) is 0.379. The van der Waals surface area contributed by atoms with Gasteiger partial charge in [-0.05, 0) is 28.8 Å². The molecule has 0 heterocycles. The highest BCUT2D eigenvalue weighted by Gasteiger charge is 2.07. The summed E-state index contributed by atoms with van der Waals surface area (Å²) in [6, 6.07) is 22.5. The van der Waals surface area contributed by atoms with Crippen molar-refractivity contribution in [3.05, 3.63) is 82.3 Å². The van der Waals surface area contributed by atoms with Crippen molar-refractivity contribution in [1.29, 1.82) is 0 Å². The highest BCUT2D eigenvalue weighted by molar-refractivity contribution is 6.39. The summed E-state index contributed by atoms with van der Waals surface area (Å²) in [5.41, 5.74) is 5.03. The number of aliphatic imine (C=N–C) groups is 1. The molecule has 1 N–H and O–H groups in total. The first-order valence-corrected chi connectivity index (χ1v) is 9.36. The Morgan fingerprint density at radius 1 is 0.889 bits per heavy atom. The van der Waals surface area contributed by atoms with E-state index in [1.165, 1.54) is 16.7 Å². The SMILES string of the molecule is CN(C)/C=N\c1c(Cl)cc(NCc2ccc(-c3ccccc3)cc2)cc1Cl. The number of hydrogen-bond donors (Lipinski definition) is 1. The fourth-order valence-electron chi connectivity index (χ4n) is 2.61. The van der Waals surface area contributed by atoms with E-state index in [-0.39, 0.29) is 0 Å². The smallest absolute Gasteiger partial charge is 0.102 e. The molecule has 0 unspecified atom stereocenters. The molecule has 0 aliphatic heterocycles. The van der Waals surface area contributed by atoms with Gasteiger partial charge in [-0.2, -0.15) is 0 Å². The average Bonchev–Trinajstić information content (AvgIpc) is 2.66. The molecule has 0 aliphatic carbocycles. The summed E-state index contributed by atoms with van der Waals surface area (Å²) >= 11 is 12.7. The molecule has 0 saturated heterocycles. The molecule has 0 atom stereocenters. The van der Waals surface area contributed by atoms with E-state index in [1.807, 2.05) is 49.3 Å². The number of nitrogens with one attached hydrogen (secondary N) is 1. The van der Waals surface area contributed by atoms with Gasteiger partial charge >= 0.3 is 0 Å². The fraction of sp³-hybridized carbons (Fsp3) is 0.136. The number of hydrogen-bond acceptors (Lipinski definition) is 2. The van der Waals surface area contributed by atoms with E-state index in [4.69, 9.17) is 23.2 Å². The Labute approximate surface area is 170 Å². The zero-order valence-electron chi connectivity index (χ0n) is 15.3. The summed E-state index contributed by atoms with van der Waals surface area (Å²) < 4.78 is 0. The Morgan fingerprint density at radius 3 is 2.07 bits per heavy atom. The van der Waals surface area contributed by atoms with E-state index in [2.05, 4.69) is 46.7 Å². The first kappa shape index (κ1) is 19.3. The fourth-order valence-corrected chi connectivity index (χ4v) is 3.20. The molecule has 0 radical (unpaired) electrons. The second kappa shape index (κ2) is 8.94. The summed E-state index contributed by atoms with van der Waals surface area (Å²) in [7, 11) is 3.79. The molecule has 3 aromatic carbocycles. The van der Waals surface area contributed by atoms with Gasteiger partial charge in [0, 0.05) is 26.3 Å². The predicted molar refractivity (Wildman–Crippen MR) is 118 cm³/mol. The molecule has 0 bridgehead atoms. The molecular weight excluding hydrogens is 377 g/mol. The minimum atomic E-state index is 0.516. The predicted octanol–water partition coefficient (Wildman–Crippen LogP) is 6.49. The van der Waals surface area contributed by atoms with Crippen LogP contribution in [0.2, 0.25) is 10.0 Å². The van der Waals surface area contributed by atoms with E-state index < -0.39 is 0 Å². The molecule has 27 heavy (non-hydrogen) atoms. The van der Waals surface area contributed by atoms with Crippen molar-refractivity contribution in [2.75, 3.05) is 19.4 Å². The molecule has 0 spiro atoms. The lowest BCUT2D eigenvalue weighted by Crippen LogP contribution is -2.07. The molecule has 3 rings (SSSR count). The second-order valence-electron chi connectivity index (χ2n) is 6.41. The lowest BCUT2D eigenvalue weighted by molar-refractivity contribution is 0.643. The third-order valence-corrected chi connectivity index (χ3v) is 4.57. The van der Waals surface area contributed by atoms with Gasteiger partial charge in [-0.25, -0.2) is 4.99 Å². The van der Waals surface area contributed by atoms with Gasteiger partial charge in [-0.1, -0.05) is 77.8 Å². The van der Waals surface area contributed by atoms with Gasteiger partial charge in [0.25, 0.3) is 0 Å². The summed E-state index contributed by atoms with van der Waals surface area (Å²) in [6.07, 6.45) is 1.68. The zero-order chi connectivity index (χ0) is 19.2. The van der Waals surface area contributed by atoms with Crippen molar-refractivity contribution in [3.8, 4) is 11.1 Å². The third-order valence-electron chi connectivity index (χ3n) is 3.99. The van der Waals surface area contributed by atoms with Gasteiger partial charge in [0.05, 0.1) is 16.4 Å². The number of anilines is 1. The van der Waals surface area contributed by atoms with Crippen LogP contribution in [-0.2, 0) is 6.54 Å². The van der Waals surface area contributed by atoms with Gasteiger partial charge in [-0.3, -0.25) is 0 Å². The van der Waals surface area contributed by atoms with Crippen LogP contribution in [0, 0.1) is 0 Å². The summed E-state index contributed by atoms with van der Waals surface area (Å²) in [5.74, 6) is 0. The number of benzene rings is 3. The molecule has 3 nitrogen and oxygen atoms in total. The van der Waals surface area contributed by atoms with E-state index >= 15 is 0 Å². The van der Waals surface area contributed by atoms with Crippen LogP contribution in [0.1, 0.15) is 5.56 Å². The summed E-state index contributed by atoms with van der Waals surface area (Å²) in [4.78, 5) is 6.14. The minimum Gasteiger partial charge on any atom is -0.381 e. The minimum absolute atomic E-state index is 0.516. The Balaban J connectivity index is 1.68. The van der Waals surface area contributed by atoms with Crippen molar-refractivity contribution in [1.82, 2.24) is 4.90 Å². The van der Waals surface area contributed by atoms with Crippen LogP contribution in [0.15, 0.2) is 71.7 Å². The third kappa shape index (κ3) is 5.25. The average molecular weight is 398 g/mol. The first-order valence-electron chi connectivity index (χ1n) is 8.61. The molecule has 5 heteroatoms. The Hall–Kier alpha value is -2.49.